The van der Waals surface area contributed by atoms with Crippen molar-refractivity contribution in [2.45, 2.75) is 117 Å². The van der Waals surface area contributed by atoms with Crippen molar-refractivity contribution in [3.05, 3.63) is 12.8 Å². The van der Waals surface area contributed by atoms with E-state index in [1.807, 2.05) is 0 Å². The monoisotopic (exact) mass is 356 g/mol. The molecule has 0 rings (SSSR count). The maximum atomic E-state index is 10.2. The summed E-state index contributed by atoms with van der Waals surface area (Å²) in [6, 6.07) is 0. The zero-order valence-corrected chi connectivity index (χ0v) is 17.1. The molecule has 1 N–H and O–H groups in total. The van der Waals surface area contributed by atoms with E-state index in [-0.39, 0.29) is 0 Å². The fourth-order valence-electron chi connectivity index (χ4n) is 2.64. The number of hydrogen-bond donors (Lipinski definition) is 1. The van der Waals surface area contributed by atoms with Crippen LogP contribution in [0.5, 0.6) is 0 Å². The molecule has 0 aliphatic rings. The molecule has 0 unspecified atom stereocenters. The first-order valence-corrected chi connectivity index (χ1v) is 10.6. The van der Waals surface area contributed by atoms with Gasteiger partial charge in [-0.25, -0.2) is 0 Å². The molecule has 0 atom stereocenters. The predicted octanol–water partition coefficient (Wildman–Crippen LogP) is 7.50. The largest absolute Gasteiger partial charge is 0.502 e. The summed E-state index contributed by atoms with van der Waals surface area (Å²) in [4.78, 5) is 10.2. The first-order valence-electron chi connectivity index (χ1n) is 10.6. The lowest BCUT2D eigenvalue weighted by Crippen LogP contribution is -1.93. The summed E-state index contributed by atoms with van der Waals surface area (Å²) in [7, 11) is 0. The molecule has 3 heteroatoms. The summed E-state index contributed by atoms with van der Waals surface area (Å²) >= 11 is 0. The van der Waals surface area contributed by atoms with Crippen molar-refractivity contribution in [3.63, 3.8) is 0 Å². The Morgan fingerprint density at radius 3 is 1.56 bits per heavy atom. The van der Waals surface area contributed by atoms with Crippen LogP contribution in [0.15, 0.2) is 12.8 Å². The minimum Gasteiger partial charge on any atom is -0.502 e. The van der Waals surface area contributed by atoms with Gasteiger partial charge in [-0.3, -0.25) is 4.79 Å². The summed E-state index contributed by atoms with van der Waals surface area (Å²) in [5, 5.41) is 8.41. The van der Waals surface area contributed by atoms with Gasteiger partial charge >= 0.3 is 5.97 Å². The molecule has 0 aliphatic heterocycles. The quantitative estimate of drug-likeness (QED) is 0.204. The lowest BCUT2D eigenvalue weighted by Gasteiger charge is -2.00. The van der Waals surface area contributed by atoms with E-state index in [0.29, 0.717) is 6.42 Å². The molecule has 0 radical (unpaired) electrons. The predicted molar refractivity (Wildman–Crippen MR) is 109 cm³/mol. The molecular formula is C22H44O3. The van der Waals surface area contributed by atoms with E-state index in [4.69, 9.17) is 9.84 Å². The topological polar surface area (TPSA) is 46.5 Å². The van der Waals surface area contributed by atoms with Crippen molar-refractivity contribution in [2.75, 3.05) is 6.61 Å². The van der Waals surface area contributed by atoms with Gasteiger partial charge in [-0.15, -0.1) is 0 Å². The van der Waals surface area contributed by atoms with Gasteiger partial charge in [-0.1, -0.05) is 104 Å². The summed E-state index contributed by atoms with van der Waals surface area (Å²) in [6.07, 6.45) is 20.9. The standard InChI is InChI=1S/C12H24O2.C10H20O/c1-2-3-4-5-6-7-8-9-10-11-12(13)14;1-3-5-6-7-8-9-10-11-4-2/h2-11H2,1H3,(H,13,14);4H,2-3,5-10H2,1H3. The minimum absolute atomic E-state index is 0.343. The van der Waals surface area contributed by atoms with Gasteiger partial charge in [0.2, 0.25) is 0 Å². The number of aliphatic carboxylic acids is 1. The van der Waals surface area contributed by atoms with Crippen molar-refractivity contribution >= 4 is 5.97 Å². The van der Waals surface area contributed by atoms with Gasteiger partial charge < -0.3 is 9.84 Å². The van der Waals surface area contributed by atoms with E-state index in [0.717, 1.165) is 19.4 Å². The number of carboxylic acids is 1. The lowest BCUT2D eigenvalue weighted by atomic mass is 10.1. The van der Waals surface area contributed by atoms with Crippen LogP contribution < -0.4 is 0 Å². The molecule has 0 aromatic carbocycles. The highest BCUT2D eigenvalue weighted by molar-refractivity contribution is 5.66. The Labute approximate surface area is 157 Å². The highest BCUT2D eigenvalue weighted by Gasteiger charge is 1.96. The van der Waals surface area contributed by atoms with Gasteiger partial charge in [0.15, 0.2) is 0 Å². The van der Waals surface area contributed by atoms with Gasteiger partial charge in [0.25, 0.3) is 0 Å². The molecule has 0 aliphatic carbocycles. The summed E-state index contributed by atoms with van der Waals surface area (Å²) in [5.41, 5.74) is 0. The first kappa shape index (κ1) is 26.2. The van der Waals surface area contributed by atoms with E-state index < -0.39 is 5.97 Å². The zero-order valence-electron chi connectivity index (χ0n) is 17.1. The van der Waals surface area contributed by atoms with E-state index in [1.165, 1.54) is 89.7 Å². The summed E-state index contributed by atoms with van der Waals surface area (Å²) < 4.78 is 5.00. The number of unbranched alkanes of at least 4 members (excludes halogenated alkanes) is 13. The van der Waals surface area contributed by atoms with Crippen LogP contribution in [-0.2, 0) is 9.53 Å². The van der Waals surface area contributed by atoms with Crippen LogP contribution in [-0.4, -0.2) is 17.7 Å². The summed E-state index contributed by atoms with van der Waals surface area (Å²) in [6.45, 7) is 8.79. The molecule has 0 amide bonds. The second kappa shape index (κ2) is 25.3. The third-order valence-corrected chi connectivity index (χ3v) is 4.23. The first-order chi connectivity index (χ1) is 12.2. The highest BCUT2D eigenvalue weighted by atomic mass is 16.5. The number of rotatable bonds is 18. The van der Waals surface area contributed by atoms with Gasteiger partial charge in [0.1, 0.15) is 0 Å². The molecule has 0 aromatic heterocycles. The second-order valence-corrected chi connectivity index (χ2v) is 6.78. The molecule has 3 nitrogen and oxygen atoms in total. The number of ether oxygens (including phenoxy) is 1. The van der Waals surface area contributed by atoms with Crippen molar-refractivity contribution in [3.8, 4) is 0 Å². The molecule has 0 saturated heterocycles. The molecule has 25 heavy (non-hydrogen) atoms. The van der Waals surface area contributed by atoms with Gasteiger partial charge in [0.05, 0.1) is 12.9 Å². The van der Waals surface area contributed by atoms with Crippen LogP contribution in [0.25, 0.3) is 0 Å². The Bertz CT molecular complexity index is 264. The number of hydrogen-bond acceptors (Lipinski definition) is 2. The zero-order chi connectivity index (χ0) is 19.0. The van der Waals surface area contributed by atoms with E-state index in [9.17, 15) is 4.79 Å². The molecule has 0 spiro atoms. The van der Waals surface area contributed by atoms with Crippen LogP contribution in [0.1, 0.15) is 117 Å². The Morgan fingerprint density at radius 2 is 1.16 bits per heavy atom. The minimum atomic E-state index is -0.659. The Morgan fingerprint density at radius 1 is 0.760 bits per heavy atom. The molecule has 0 saturated carbocycles. The number of carboxylic acid groups (broad SMARTS) is 1. The van der Waals surface area contributed by atoms with E-state index in [1.54, 1.807) is 0 Å². The molecule has 150 valence electrons. The van der Waals surface area contributed by atoms with Gasteiger partial charge in [0, 0.05) is 6.42 Å². The second-order valence-electron chi connectivity index (χ2n) is 6.78. The Hall–Kier alpha value is -0.990. The van der Waals surface area contributed by atoms with Crippen LogP contribution in [0, 0.1) is 0 Å². The van der Waals surface area contributed by atoms with Crippen LogP contribution in [0.3, 0.4) is 0 Å². The Balaban J connectivity index is 0. The Kier molecular flexibility index (Phi) is 26.5. The van der Waals surface area contributed by atoms with Gasteiger partial charge in [-0.05, 0) is 12.8 Å². The SMILES string of the molecule is C=COCCCCCCCC.CCCCCCCCCCCC(=O)O. The average molecular weight is 357 g/mol. The third-order valence-electron chi connectivity index (χ3n) is 4.23. The van der Waals surface area contributed by atoms with Crippen LogP contribution in [0.4, 0.5) is 0 Å². The molecule has 0 fully saturated rings. The van der Waals surface area contributed by atoms with Crippen molar-refractivity contribution in [1.82, 2.24) is 0 Å². The van der Waals surface area contributed by atoms with Crippen molar-refractivity contribution < 1.29 is 14.6 Å². The maximum absolute atomic E-state index is 10.2. The van der Waals surface area contributed by atoms with Crippen LogP contribution >= 0.6 is 0 Å². The smallest absolute Gasteiger partial charge is 0.303 e. The number of carbonyl (C=O) groups is 1. The fourth-order valence-corrected chi connectivity index (χ4v) is 2.64. The van der Waals surface area contributed by atoms with E-state index >= 15 is 0 Å². The van der Waals surface area contributed by atoms with Crippen molar-refractivity contribution in [2.24, 2.45) is 0 Å². The maximum Gasteiger partial charge on any atom is 0.303 e. The average Bonchev–Trinajstić information content (AvgIpc) is 2.60. The third kappa shape index (κ3) is 31.3. The highest BCUT2D eigenvalue weighted by Crippen LogP contribution is 2.10. The lowest BCUT2D eigenvalue weighted by molar-refractivity contribution is -0.137. The molecule has 0 bridgehead atoms. The normalized spacial score (nSPS) is 10.0. The van der Waals surface area contributed by atoms with E-state index in [2.05, 4.69) is 20.4 Å². The molecule has 0 heterocycles. The fraction of sp³-hybridized carbons (Fsp3) is 0.864. The molecule has 0 aromatic rings. The van der Waals surface area contributed by atoms with Crippen LogP contribution in [0.2, 0.25) is 0 Å². The van der Waals surface area contributed by atoms with Crippen molar-refractivity contribution in [1.29, 1.82) is 0 Å². The molecular weight excluding hydrogens is 312 g/mol. The summed E-state index contributed by atoms with van der Waals surface area (Å²) in [5.74, 6) is -0.659. The van der Waals surface area contributed by atoms with Gasteiger partial charge in [-0.2, -0.15) is 0 Å².